The van der Waals surface area contributed by atoms with Crippen molar-refractivity contribution in [3.8, 4) is 16.2 Å². The summed E-state index contributed by atoms with van der Waals surface area (Å²) in [5.41, 5.74) is 2.82. The zero-order chi connectivity index (χ0) is 26.4. The summed E-state index contributed by atoms with van der Waals surface area (Å²) in [7, 11) is 0. The molecule has 2 N–H and O–H groups in total. The van der Waals surface area contributed by atoms with Gasteiger partial charge in [0.1, 0.15) is 12.4 Å². The molecule has 194 valence electrons. The molecule has 1 aliphatic rings. The molecule has 0 saturated heterocycles. The number of carboxylic acids is 2. The molecule has 2 aromatic carbocycles. The molecule has 0 aliphatic heterocycles. The average molecular weight is 524 g/mol. The van der Waals surface area contributed by atoms with Crippen LogP contribution < -0.4 is 9.64 Å². The Labute approximate surface area is 219 Å². The largest absolute Gasteiger partial charge is 0.480 e. The maximum Gasteiger partial charge on any atom is 0.414 e. The van der Waals surface area contributed by atoms with Crippen molar-refractivity contribution in [1.29, 1.82) is 0 Å². The van der Waals surface area contributed by atoms with E-state index in [1.807, 2.05) is 54.6 Å². The molecular weight excluding hydrogens is 494 g/mol. The van der Waals surface area contributed by atoms with E-state index in [-0.39, 0.29) is 23.3 Å². The highest BCUT2D eigenvalue weighted by atomic mass is 32.1. The molecule has 0 radical (unpaired) electrons. The monoisotopic (exact) mass is 523 g/mol. The van der Waals surface area contributed by atoms with E-state index in [0.717, 1.165) is 49.0 Å². The number of carbonyl (C=O) groups is 3. The van der Waals surface area contributed by atoms with E-state index in [9.17, 15) is 19.5 Å². The Kier molecular flexibility index (Phi) is 8.45. The molecule has 1 amide bonds. The van der Waals surface area contributed by atoms with Crippen LogP contribution in [0.1, 0.15) is 52.9 Å². The van der Waals surface area contributed by atoms with Gasteiger partial charge in [0.15, 0.2) is 11.5 Å². The summed E-state index contributed by atoms with van der Waals surface area (Å²) in [6.45, 7) is 1.23. The highest BCUT2D eigenvalue weighted by Gasteiger charge is 2.29. The molecule has 1 aromatic heterocycles. The third-order valence-electron chi connectivity index (χ3n) is 6.35. The van der Waals surface area contributed by atoms with Crippen molar-refractivity contribution in [1.82, 2.24) is 0 Å². The molecule has 1 saturated carbocycles. The van der Waals surface area contributed by atoms with Gasteiger partial charge < -0.3 is 19.7 Å². The quantitative estimate of drug-likeness (QED) is 0.335. The van der Waals surface area contributed by atoms with Gasteiger partial charge in [-0.3, -0.25) is 4.90 Å². The lowest BCUT2D eigenvalue weighted by Crippen LogP contribution is -2.42. The Bertz CT molecular complexity index is 1260. The first-order chi connectivity index (χ1) is 17.8. The third kappa shape index (κ3) is 6.29. The second-order valence-electron chi connectivity index (χ2n) is 8.95. The minimum Gasteiger partial charge on any atom is -0.480 e. The van der Waals surface area contributed by atoms with Crippen LogP contribution in [0.4, 0.5) is 10.5 Å². The van der Waals surface area contributed by atoms with Crippen LogP contribution in [0.15, 0.2) is 54.6 Å². The zero-order valence-corrected chi connectivity index (χ0v) is 21.3. The number of hydrogen-bond acceptors (Lipinski definition) is 6. The summed E-state index contributed by atoms with van der Waals surface area (Å²) < 4.78 is 11.0. The van der Waals surface area contributed by atoms with Crippen LogP contribution in [-0.4, -0.2) is 40.9 Å². The van der Waals surface area contributed by atoms with Gasteiger partial charge in [-0.25, -0.2) is 14.4 Å². The van der Waals surface area contributed by atoms with Gasteiger partial charge >= 0.3 is 18.0 Å². The van der Waals surface area contributed by atoms with E-state index in [4.69, 9.17) is 14.6 Å². The summed E-state index contributed by atoms with van der Waals surface area (Å²) in [5, 5.41) is 18.7. The topological polar surface area (TPSA) is 113 Å². The first kappa shape index (κ1) is 26.2. The summed E-state index contributed by atoms with van der Waals surface area (Å²) in [5.74, 6) is -2.33. The Morgan fingerprint density at radius 1 is 1.00 bits per heavy atom. The lowest BCUT2D eigenvalue weighted by molar-refractivity contribution is -0.139. The number of aliphatic carboxylic acids is 1. The SMILES string of the molecule is Cc1c(-c2cccc(N(C(=O)OCc3ccccc3)C3CCCCC3)c2)sc(C(=O)O)c1OCC(=O)O. The number of carbonyl (C=O) groups excluding carboxylic acids is 1. The maximum absolute atomic E-state index is 13.4. The van der Waals surface area contributed by atoms with E-state index < -0.39 is 24.6 Å². The highest BCUT2D eigenvalue weighted by Crippen LogP contribution is 2.42. The molecule has 37 heavy (non-hydrogen) atoms. The fourth-order valence-electron chi connectivity index (χ4n) is 4.61. The van der Waals surface area contributed by atoms with Crippen LogP contribution in [0.3, 0.4) is 0 Å². The smallest absolute Gasteiger partial charge is 0.414 e. The standard InChI is InChI=1S/C28H29NO7S/c1-18-24(35-17-23(30)31)26(27(32)33)37-25(18)20-11-8-14-22(15-20)29(21-12-6-3-7-13-21)28(34)36-16-19-9-4-2-5-10-19/h2,4-5,8-11,14-15,21H,3,6-7,12-13,16-17H2,1H3,(H,30,31)(H,32,33). The minimum absolute atomic E-state index is 0.000692. The summed E-state index contributed by atoms with van der Waals surface area (Å²) >= 11 is 1.02. The molecule has 0 unspecified atom stereocenters. The number of aromatic carboxylic acids is 1. The number of hydrogen-bond donors (Lipinski definition) is 2. The van der Waals surface area contributed by atoms with Crippen molar-refractivity contribution in [3.63, 3.8) is 0 Å². The van der Waals surface area contributed by atoms with Crippen molar-refractivity contribution in [2.45, 2.75) is 51.7 Å². The molecule has 9 heteroatoms. The van der Waals surface area contributed by atoms with E-state index in [0.29, 0.717) is 21.7 Å². The van der Waals surface area contributed by atoms with Crippen molar-refractivity contribution in [2.24, 2.45) is 0 Å². The number of ether oxygens (including phenoxy) is 2. The highest BCUT2D eigenvalue weighted by molar-refractivity contribution is 7.18. The molecule has 0 atom stereocenters. The Balaban J connectivity index is 1.66. The van der Waals surface area contributed by atoms with Crippen LogP contribution in [0.2, 0.25) is 0 Å². The van der Waals surface area contributed by atoms with Crippen molar-refractivity contribution in [3.05, 3.63) is 70.6 Å². The lowest BCUT2D eigenvalue weighted by Gasteiger charge is -2.33. The molecule has 3 aromatic rings. The van der Waals surface area contributed by atoms with Crippen LogP contribution in [-0.2, 0) is 16.1 Å². The van der Waals surface area contributed by atoms with Gasteiger partial charge in [-0.15, -0.1) is 11.3 Å². The second kappa shape index (κ2) is 11.9. The Morgan fingerprint density at radius 3 is 2.41 bits per heavy atom. The fourth-order valence-corrected chi connectivity index (χ4v) is 5.70. The number of nitrogens with zero attached hydrogens (tertiary/aromatic N) is 1. The zero-order valence-electron chi connectivity index (χ0n) is 20.5. The number of carboxylic acid groups (broad SMARTS) is 2. The molecule has 0 bridgehead atoms. The van der Waals surface area contributed by atoms with E-state index in [1.165, 1.54) is 0 Å². The molecule has 8 nitrogen and oxygen atoms in total. The molecule has 1 fully saturated rings. The normalized spacial score (nSPS) is 13.6. The van der Waals surface area contributed by atoms with Gasteiger partial charge in [0.05, 0.1) is 0 Å². The van der Waals surface area contributed by atoms with E-state index >= 15 is 0 Å². The third-order valence-corrected chi connectivity index (χ3v) is 7.66. The average Bonchev–Trinajstić information content (AvgIpc) is 3.24. The van der Waals surface area contributed by atoms with Crippen molar-refractivity contribution in [2.75, 3.05) is 11.5 Å². The fraction of sp³-hybridized carbons (Fsp3) is 0.321. The number of thiophene rings is 1. The molecule has 0 spiro atoms. The van der Waals surface area contributed by atoms with Gasteiger partial charge in [0, 0.05) is 22.2 Å². The first-order valence-electron chi connectivity index (χ1n) is 12.2. The summed E-state index contributed by atoms with van der Waals surface area (Å²) in [6.07, 6.45) is 4.52. The van der Waals surface area contributed by atoms with Gasteiger partial charge in [-0.05, 0) is 43.0 Å². The number of benzene rings is 2. The molecular formula is C28H29NO7S. The second-order valence-corrected chi connectivity index (χ2v) is 9.97. The Morgan fingerprint density at radius 2 is 1.73 bits per heavy atom. The number of rotatable bonds is 9. The van der Waals surface area contributed by atoms with Gasteiger partial charge in [-0.1, -0.05) is 61.7 Å². The summed E-state index contributed by atoms with van der Waals surface area (Å²) in [6, 6.07) is 16.9. The summed E-state index contributed by atoms with van der Waals surface area (Å²) in [4.78, 5) is 38.5. The van der Waals surface area contributed by atoms with Gasteiger partial charge in [0.2, 0.25) is 0 Å². The number of amides is 1. The molecule has 4 rings (SSSR count). The van der Waals surface area contributed by atoms with Crippen LogP contribution in [0.5, 0.6) is 5.75 Å². The van der Waals surface area contributed by atoms with Crippen LogP contribution >= 0.6 is 11.3 Å². The lowest BCUT2D eigenvalue weighted by atomic mass is 9.94. The number of anilines is 1. The first-order valence-corrected chi connectivity index (χ1v) is 13.0. The molecule has 1 aliphatic carbocycles. The van der Waals surface area contributed by atoms with Crippen LogP contribution in [0, 0.1) is 6.92 Å². The van der Waals surface area contributed by atoms with E-state index in [1.54, 1.807) is 11.8 Å². The van der Waals surface area contributed by atoms with Gasteiger partial charge in [0.25, 0.3) is 0 Å². The predicted molar refractivity (Wildman–Crippen MR) is 141 cm³/mol. The van der Waals surface area contributed by atoms with Gasteiger partial charge in [-0.2, -0.15) is 0 Å². The van der Waals surface area contributed by atoms with E-state index in [2.05, 4.69) is 0 Å². The minimum atomic E-state index is -1.19. The molecule has 1 heterocycles. The maximum atomic E-state index is 13.4. The van der Waals surface area contributed by atoms with Crippen LogP contribution in [0.25, 0.3) is 10.4 Å². The Hall–Kier alpha value is -3.85. The van der Waals surface area contributed by atoms with Crippen molar-refractivity contribution >= 4 is 35.1 Å². The predicted octanol–water partition coefficient (Wildman–Crippen LogP) is 6.36. The van der Waals surface area contributed by atoms with Crippen molar-refractivity contribution < 1.29 is 34.1 Å².